The Kier molecular flexibility index (Phi) is 7.13. The molecule has 1 N–H and O–H groups in total. The zero-order valence-corrected chi connectivity index (χ0v) is 22.0. The van der Waals surface area contributed by atoms with Gasteiger partial charge in [0.25, 0.3) is 5.91 Å². The molecule has 1 saturated heterocycles. The van der Waals surface area contributed by atoms with E-state index in [2.05, 4.69) is 35.7 Å². The van der Waals surface area contributed by atoms with E-state index in [0.29, 0.717) is 12.0 Å². The van der Waals surface area contributed by atoms with Crippen LogP contribution >= 0.6 is 11.3 Å². The molecule has 1 aromatic carbocycles. The summed E-state index contributed by atoms with van der Waals surface area (Å²) >= 11 is 1.43. The predicted octanol–water partition coefficient (Wildman–Crippen LogP) is 6.04. The summed E-state index contributed by atoms with van der Waals surface area (Å²) in [4.78, 5) is 41.6. The minimum Gasteiger partial charge on any atom is -0.450 e. The summed E-state index contributed by atoms with van der Waals surface area (Å²) < 4.78 is 5.69. The fourth-order valence-electron chi connectivity index (χ4n) is 5.15. The molecular formula is C27H32N4O4S. The highest BCUT2D eigenvalue weighted by molar-refractivity contribution is 7.09. The van der Waals surface area contributed by atoms with Crippen molar-refractivity contribution in [3.05, 3.63) is 76.3 Å². The van der Waals surface area contributed by atoms with E-state index in [4.69, 9.17) is 4.74 Å². The van der Waals surface area contributed by atoms with Gasteiger partial charge in [-0.2, -0.15) is 0 Å². The van der Waals surface area contributed by atoms with Gasteiger partial charge in [0.2, 0.25) is 0 Å². The Morgan fingerprint density at radius 2 is 1.92 bits per heavy atom. The largest absolute Gasteiger partial charge is 0.507 e. The van der Waals surface area contributed by atoms with Gasteiger partial charge < -0.3 is 9.84 Å². The number of hydrogen-bond donors (Lipinski definition) is 1. The minimum atomic E-state index is -1.41. The summed E-state index contributed by atoms with van der Waals surface area (Å²) in [6.45, 7) is 10.3. The van der Waals surface area contributed by atoms with Gasteiger partial charge in [0, 0.05) is 47.3 Å². The highest BCUT2D eigenvalue weighted by atomic mass is 32.1. The average molecular weight is 509 g/mol. The molecule has 3 atom stereocenters. The molecule has 0 aliphatic carbocycles. The molecule has 0 saturated carbocycles. The van der Waals surface area contributed by atoms with Gasteiger partial charge in [-0.15, -0.1) is 11.3 Å². The molecule has 3 aromatic rings. The first-order valence-corrected chi connectivity index (χ1v) is 12.9. The predicted molar refractivity (Wildman–Crippen MR) is 137 cm³/mol. The molecular weight excluding hydrogens is 476 g/mol. The fourth-order valence-corrected chi connectivity index (χ4v) is 5.92. The third kappa shape index (κ3) is 5.11. The Balaban J connectivity index is 1.89. The molecule has 0 radical (unpaired) electrons. The number of thiazole rings is 1. The standard InChI is InChI=1S/C27H32N4O4S/c1-17(2)12-27(35-25(33)34)13-20(21-10-11-28-15-30-21)23(22-14-29-16-36-22)31(27)24(32)18-6-8-19(9-7-18)26(3,4)5/h6-11,14-17,20,23H,12-13H2,1-5H3,(H,33,34)/t20-,23+,27-/m0/s1. The van der Waals surface area contributed by atoms with Gasteiger partial charge in [-0.1, -0.05) is 46.8 Å². The van der Waals surface area contributed by atoms with Crippen molar-refractivity contribution in [1.82, 2.24) is 19.9 Å². The lowest BCUT2D eigenvalue weighted by atomic mass is 9.86. The molecule has 3 heterocycles. The van der Waals surface area contributed by atoms with E-state index in [-0.39, 0.29) is 29.6 Å². The summed E-state index contributed by atoms with van der Waals surface area (Å²) in [6.07, 6.45) is 4.08. The van der Waals surface area contributed by atoms with Crippen molar-refractivity contribution in [3.8, 4) is 0 Å². The first-order valence-electron chi connectivity index (χ1n) is 12.0. The maximum absolute atomic E-state index is 14.3. The number of ether oxygens (including phenoxy) is 1. The molecule has 1 aliphatic rings. The van der Waals surface area contributed by atoms with Crippen LogP contribution in [0.2, 0.25) is 0 Å². The highest BCUT2D eigenvalue weighted by Crippen LogP contribution is 2.55. The van der Waals surface area contributed by atoms with Gasteiger partial charge in [-0.3, -0.25) is 14.7 Å². The quantitative estimate of drug-likeness (QED) is 0.405. The number of nitrogens with zero attached hydrogens (tertiary/aromatic N) is 4. The summed E-state index contributed by atoms with van der Waals surface area (Å²) in [5.74, 6) is -0.522. The molecule has 9 heteroatoms. The van der Waals surface area contributed by atoms with Crippen molar-refractivity contribution < 1.29 is 19.4 Å². The number of benzene rings is 1. The van der Waals surface area contributed by atoms with Crippen LogP contribution in [0.5, 0.6) is 0 Å². The molecule has 0 unspecified atom stereocenters. The number of aromatic nitrogens is 3. The van der Waals surface area contributed by atoms with Gasteiger partial charge in [-0.05, 0) is 35.1 Å². The highest BCUT2D eigenvalue weighted by Gasteiger charge is 2.58. The molecule has 4 rings (SSSR count). The van der Waals surface area contributed by atoms with Crippen LogP contribution < -0.4 is 0 Å². The van der Waals surface area contributed by atoms with Crippen molar-refractivity contribution in [2.75, 3.05) is 0 Å². The second-order valence-electron chi connectivity index (χ2n) is 10.7. The molecule has 8 nitrogen and oxygen atoms in total. The van der Waals surface area contributed by atoms with Crippen LogP contribution in [0.3, 0.4) is 0 Å². The fraction of sp³-hybridized carbons (Fsp3) is 0.444. The minimum absolute atomic E-state index is 0.0632. The molecule has 190 valence electrons. The van der Waals surface area contributed by atoms with Crippen LogP contribution in [0.15, 0.2) is 54.6 Å². The number of carbonyl (C=O) groups excluding carboxylic acids is 1. The topological polar surface area (TPSA) is 106 Å². The van der Waals surface area contributed by atoms with E-state index in [1.807, 2.05) is 44.2 Å². The van der Waals surface area contributed by atoms with Crippen LogP contribution in [0.1, 0.15) is 85.9 Å². The maximum Gasteiger partial charge on any atom is 0.507 e. The Morgan fingerprint density at radius 3 is 2.44 bits per heavy atom. The van der Waals surface area contributed by atoms with Crippen molar-refractivity contribution in [1.29, 1.82) is 0 Å². The maximum atomic E-state index is 14.3. The van der Waals surface area contributed by atoms with E-state index in [1.54, 1.807) is 22.8 Å². The Hall–Kier alpha value is -3.33. The van der Waals surface area contributed by atoms with E-state index >= 15 is 0 Å². The normalized spacial score (nSPS) is 22.1. The van der Waals surface area contributed by atoms with Crippen LogP contribution in [-0.4, -0.2) is 42.7 Å². The summed E-state index contributed by atoms with van der Waals surface area (Å²) in [7, 11) is 0. The second-order valence-corrected chi connectivity index (χ2v) is 11.6. The van der Waals surface area contributed by atoms with Gasteiger partial charge in [-0.25, -0.2) is 14.8 Å². The Morgan fingerprint density at radius 1 is 1.19 bits per heavy atom. The summed E-state index contributed by atoms with van der Waals surface area (Å²) in [5.41, 5.74) is 2.59. The lowest BCUT2D eigenvalue weighted by Crippen LogP contribution is -2.51. The molecule has 1 aliphatic heterocycles. The average Bonchev–Trinajstić information content (AvgIpc) is 3.44. The van der Waals surface area contributed by atoms with Crippen molar-refractivity contribution in [2.24, 2.45) is 5.92 Å². The Bertz CT molecular complexity index is 1190. The molecule has 36 heavy (non-hydrogen) atoms. The van der Waals surface area contributed by atoms with Crippen LogP contribution in [0.4, 0.5) is 4.79 Å². The zero-order chi connectivity index (χ0) is 26.1. The third-order valence-corrected chi connectivity index (χ3v) is 7.43. The second kappa shape index (κ2) is 9.97. The molecule has 1 fully saturated rings. The van der Waals surface area contributed by atoms with Gasteiger partial charge in [0.1, 0.15) is 6.33 Å². The smallest absolute Gasteiger partial charge is 0.450 e. The van der Waals surface area contributed by atoms with Gasteiger partial charge >= 0.3 is 6.16 Å². The molecule has 0 bridgehead atoms. The van der Waals surface area contributed by atoms with Gasteiger partial charge in [0.15, 0.2) is 5.72 Å². The molecule has 1 amide bonds. The van der Waals surface area contributed by atoms with E-state index < -0.39 is 17.9 Å². The van der Waals surface area contributed by atoms with Gasteiger partial charge in [0.05, 0.1) is 11.6 Å². The van der Waals surface area contributed by atoms with E-state index in [9.17, 15) is 14.7 Å². The third-order valence-electron chi connectivity index (χ3n) is 6.59. The first-order chi connectivity index (χ1) is 17.0. The summed E-state index contributed by atoms with van der Waals surface area (Å²) in [5, 5.41) is 9.83. The lowest BCUT2D eigenvalue weighted by molar-refractivity contribution is -0.108. The number of amides is 1. The van der Waals surface area contributed by atoms with Crippen molar-refractivity contribution in [3.63, 3.8) is 0 Å². The number of hydrogen-bond acceptors (Lipinski definition) is 7. The molecule has 2 aromatic heterocycles. The van der Waals surface area contributed by atoms with Crippen LogP contribution in [0.25, 0.3) is 0 Å². The molecule has 0 spiro atoms. The monoisotopic (exact) mass is 508 g/mol. The zero-order valence-electron chi connectivity index (χ0n) is 21.2. The first kappa shape index (κ1) is 25.8. The lowest BCUT2D eigenvalue weighted by Gasteiger charge is -2.40. The van der Waals surface area contributed by atoms with Crippen molar-refractivity contribution >= 4 is 23.4 Å². The van der Waals surface area contributed by atoms with Crippen LogP contribution in [0, 0.1) is 5.92 Å². The number of carboxylic acid groups (broad SMARTS) is 1. The Labute approximate surface area is 215 Å². The number of likely N-dealkylation sites (tertiary alicyclic amines) is 1. The SMILES string of the molecule is CC(C)C[C@]1(OC(=O)O)C[C@@H](c2ccncn2)[C@H](c2cncs2)N1C(=O)c1ccc(C(C)(C)C)cc1. The van der Waals surface area contributed by atoms with E-state index in [0.717, 1.165) is 16.1 Å². The number of rotatable bonds is 6. The number of carbonyl (C=O) groups is 2. The van der Waals surface area contributed by atoms with Crippen LogP contribution in [-0.2, 0) is 10.2 Å². The summed E-state index contributed by atoms with van der Waals surface area (Å²) in [6, 6.07) is 8.84. The van der Waals surface area contributed by atoms with E-state index in [1.165, 1.54) is 17.7 Å². The van der Waals surface area contributed by atoms with Crippen molar-refractivity contribution in [2.45, 2.75) is 70.6 Å².